The van der Waals surface area contributed by atoms with Gasteiger partial charge in [-0.2, -0.15) is 0 Å². The number of aromatic nitrogens is 2. The average molecular weight is 501 g/mol. The number of ketones is 1. The maximum atomic E-state index is 12.9. The van der Waals surface area contributed by atoms with Crippen molar-refractivity contribution < 1.29 is 19.1 Å². The van der Waals surface area contributed by atoms with Crippen molar-refractivity contribution in [2.45, 2.75) is 69.6 Å². The second-order valence-corrected chi connectivity index (χ2v) is 10.3. The molecule has 1 fully saturated rings. The summed E-state index contributed by atoms with van der Waals surface area (Å²) in [6, 6.07) is 8.20. The molecule has 190 valence electrons. The fourth-order valence-corrected chi connectivity index (χ4v) is 5.25. The number of alkyl carbamates (subject to hydrolysis) is 1. The molecule has 0 bridgehead atoms. The second kappa shape index (κ2) is 12.8. The normalized spacial score (nSPS) is 16.0. The Balaban J connectivity index is 1.52. The molecule has 1 aromatic carbocycles. The Morgan fingerprint density at radius 1 is 1.20 bits per heavy atom. The number of Topliss-reactive ketones (excluding diaryl/α,β-unsaturated/α-hetero) is 1. The molecule has 9 heteroatoms. The molecule has 1 saturated carbocycles. The number of rotatable bonds is 13. The van der Waals surface area contributed by atoms with E-state index in [9.17, 15) is 14.4 Å². The number of benzene rings is 1. The summed E-state index contributed by atoms with van der Waals surface area (Å²) < 4.78 is 7.54. The predicted octanol–water partition coefficient (Wildman–Crippen LogP) is 4.41. The first kappa shape index (κ1) is 26.8. The van der Waals surface area contributed by atoms with E-state index in [1.807, 2.05) is 62.0 Å². The van der Waals surface area contributed by atoms with Gasteiger partial charge in [0.25, 0.3) is 5.91 Å². The lowest BCUT2D eigenvalue weighted by molar-refractivity contribution is -0.139. The van der Waals surface area contributed by atoms with Gasteiger partial charge in [-0.1, -0.05) is 68.3 Å². The number of carbonyl (C=O) groups excluding carboxylic acids is 3. The number of unbranched alkanes of at least 4 members (excludes halogenated alkanes) is 1. The Kier molecular flexibility index (Phi) is 9.77. The molecule has 3 rings (SSSR count). The van der Waals surface area contributed by atoms with E-state index in [0.717, 1.165) is 42.2 Å². The molecule has 0 aliphatic heterocycles. The minimum absolute atomic E-state index is 0.0840. The first-order chi connectivity index (χ1) is 16.8. The van der Waals surface area contributed by atoms with Gasteiger partial charge in [-0.25, -0.2) is 9.78 Å². The highest BCUT2D eigenvalue weighted by Gasteiger charge is 2.39. The van der Waals surface area contributed by atoms with Crippen molar-refractivity contribution in [1.82, 2.24) is 20.2 Å². The number of thioether (sulfide) groups is 1. The molecule has 8 nitrogen and oxygen atoms in total. The van der Waals surface area contributed by atoms with E-state index in [4.69, 9.17) is 4.74 Å². The molecule has 1 unspecified atom stereocenters. The highest BCUT2D eigenvalue weighted by molar-refractivity contribution is 7.99. The molecule has 1 heterocycles. The second-order valence-electron chi connectivity index (χ2n) is 9.35. The van der Waals surface area contributed by atoms with E-state index in [2.05, 4.69) is 15.6 Å². The number of imidazole rings is 1. The topological polar surface area (TPSA) is 102 Å². The maximum Gasteiger partial charge on any atom is 0.407 e. The summed E-state index contributed by atoms with van der Waals surface area (Å²) in [6.07, 6.45) is 8.02. The molecule has 0 spiro atoms. The average Bonchev–Trinajstić information content (AvgIpc) is 3.25. The van der Waals surface area contributed by atoms with E-state index >= 15 is 0 Å². The van der Waals surface area contributed by atoms with Crippen LogP contribution in [0.1, 0.15) is 64.0 Å². The zero-order valence-electron chi connectivity index (χ0n) is 20.8. The van der Waals surface area contributed by atoms with Crippen LogP contribution in [0.2, 0.25) is 0 Å². The summed E-state index contributed by atoms with van der Waals surface area (Å²) in [5.41, 5.74) is 0.819. The number of hydrogen-bond acceptors (Lipinski definition) is 6. The van der Waals surface area contributed by atoms with Crippen LogP contribution < -0.4 is 10.6 Å². The number of hydrogen-bond donors (Lipinski definition) is 2. The molecule has 0 radical (unpaired) electrons. The molecular weight excluding hydrogens is 464 g/mol. The fourth-order valence-electron chi connectivity index (χ4n) is 4.05. The zero-order valence-corrected chi connectivity index (χ0v) is 21.6. The minimum atomic E-state index is -0.912. The lowest BCUT2D eigenvalue weighted by atomic mass is 9.71. The van der Waals surface area contributed by atoms with Gasteiger partial charge in [0.15, 0.2) is 5.16 Å². The number of ether oxygens (including phenoxy) is 1. The van der Waals surface area contributed by atoms with Crippen molar-refractivity contribution in [3.05, 3.63) is 48.3 Å². The Morgan fingerprint density at radius 2 is 1.94 bits per heavy atom. The summed E-state index contributed by atoms with van der Waals surface area (Å²) in [7, 11) is 1.96. The monoisotopic (exact) mass is 500 g/mol. The Bertz CT molecular complexity index is 990. The first-order valence-corrected chi connectivity index (χ1v) is 13.3. The third-order valence-corrected chi connectivity index (χ3v) is 7.94. The summed E-state index contributed by atoms with van der Waals surface area (Å²) in [5.74, 6) is -0.546. The lowest BCUT2D eigenvalue weighted by Gasteiger charge is -2.40. The number of nitrogens with zero attached hydrogens (tertiary/aromatic N) is 2. The van der Waals surface area contributed by atoms with Gasteiger partial charge in [0.2, 0.25) is 5.78 Å². The molecule has 2 amide bonds. The highest BCUT2D eigenvalue weighted by Crippen LogP contribution is 2.44. The lowest BCUT2D eigenvalue weighted by Crippen LogP contribution is -2.49. The summed E-state index contributed by atoms with van der Waals surface area (Å²) in [6.45, 7) is 4.10. The smallest absolute Gasteiger partial charge is 0.407 e. The number of nitrogens with one attached hydrogen (secondary N) is 2. The van der Waals surface area contributed by atoms with Crippen LogP contribution in [-0.2, 0) is 21.4 Å². The maximum absolute atomic E-state index is 12.9. The van der Waals surface area contributed by atoms with Crippen molar-refractivity contribution in [3.8, 4) is 0 Å². The van der Waals surface area contributed by atoms with E-state index in [1.54, 1.807) is 18.0 Å². The Morgan fingerprint density at radius 3 is 2.54 bits per heavy atom. The highest BCUT2D eigenvalue weighted by atomic mass is 32.2. The van der Waals surface area contributed by atoms with Gasteiger partial charge in [-0.05, 0) is 31.7 Å². The Hall–Kier alpha value is -2.81. The number of aryl methyl sites for hydroxylation is 1. The SMILES string of the molecule is CCCC[C@H](NC(=O)OCC1(CSc2nccn2C)CCC1)C(=O)C(=O)NC(C)c1ccccc1. The van der Waals surface area contributed by atoms with Crippen LogP contribution >= 0.6 is 11.8 Å². The van der Waals surface area contributed by atoms with E-state index in [1.165, 1.54) is 0 Å². The van der Waals surface area contributed by atoms with Crippen LogP contribution in [-0.4, -0.2) is 45.7 Å². The van der Waals surface area contributed by atoms with Crippen molar-refractivity contribution in [3.63, 3.8) is 0 Å². The summed E-state index contributed by atoms with van der Waals surface area (Å²) in [4.78, 5) is 42.5. The Labute approximate surface area is 211 Å². The largest absolute Gasteiger partial charge is 0.449 e. The van der Waals surface area contributed by atoms with Gasteiger partial charge in [-0.3, -0.25) is 9.59 Å². The van der Waals surface area contributed by atoms with Crippen molar-refractivity contribution in [2.24, 2.45) is 12.5 Å². The molecule has 2 aromatic rings. The van der Waals surface area contributed by atoms with E-state index in [-0.39, 0.29) is 18.1 Å². The van der Waals surface area contributed by atoms with Gasteiger partial charge in [0.1, 0.15) is 6.04 Å². The summed E-state index contributed by atoms with van der Waals surface area (Å²) in [5, 5.41) is 6.33. The van der Waals surface area contributed by atoms with Crippen LogP contribution in [0.15, 0.2) is 47.9 Å². The van der Waals surface area contributed by atoms with Crippen LogP contribution in [0.25, 0.3) is 0 Å². The van der Waals surface area contributed by atoms with Crippen molar-refractivity contribution >= 4 is 29.5 Å². The van der Waals surface area contributed by atoms with Gasteiger partial charge < -0.3 is 19.9 Å². The number of amides is 2. The predicted molar refractivity (Wildman–Crippen MR) is 136 cm³/mol. The van der Waals surface area contributed by atoms with Gasteiger partial charge >= 0.3 is 6.09 Å². The van der Waals surface area contributed by atoms with Crippen LogP contribution in [0.4, 0.5) is 4.79 Å². The third-order valence-electron chi connectivity index (χ3n) is 6.53. The molecular formula is C26H36N4O4S. The van der Waals surface area contributed by atoms with Crippen molar-refractivity contribution in [1.29, 1.82) is 0 Å². The zero-order chi connectivity index (χ0) is 25.3. The van der Waals surface area contributed by atoms with Crippen LogP contribution in [0.3, 0.4) is 0 Å². The van der Waals surface area contributed by atoms with Crippen molar-refractivity contribution in [2.75, 3.05) is 12.4 Å². The molecule has 2 N–H and O–H groups in total. The standard InChI is InChI=1S/C26H36N4O4S/c1-4-5-12-21(22(31)23(32)28-19(2)20-10-7-6-8-11-20)29-25(33)34-17-26(13-9-14-26)18-35-24-27-15-16-30(24)3/h6-8,10-11,15-16,19,21H,4-5,9,12-14,17-18H2,1-3H3,(H,28,32)(H,29,33)/t19?,21-/m0/s1. The first-order valence-electron chi connectivity index (χ1n) is 12.3. The van der Waals surface area contributed by atoms with Crippen LogP contribution in [0, 0.1) is 5.41 Å². The number of carbonyl (C=O) groups is 3. The van der Waals surface area contributed by atoms with Gasteiger partial charge in [0, 0.05) is 30.6 Å². The van der Waals surface area contributed by atoms with Gasteiger partial charge in [0.05, 0.1) is 12.6 Å². The molecule has 1 aliphatic rings. The van der Waals surface area contributed by atoms with Gasteiger partial charge in [-0.15, -0.1) is 0 Å². The summed E-state index contributed by atoms with van der Waals surface area (Å²) >= 11 is 1.66. The molecule has 35 heavy (non-hydrogen) atoms. The molecule has 1 aromatic heterocycles. The van der Waals surface area contributed by atoms with E-state index in [0.29, 0.717) is 12.8 Å². The molecule has 0 saturated heterocycles. The molecule has 1 aliphatic carbocycles. The fraction of sp³-hybridized carbons (Fsp3) is 0.538. The third kappa shape index (κ3) is 7.59. The van der Waals surface area contributed by atoms with E-state index < -0.39 is 23.8 Å². The minimum Gasteiger partial charge on any atom is -0.449 e. The quantitative estimate of drug-likeness (QED) is 0.312. The van der Waals surface area contributed by atoms with Crippen LogP contribution in [0.5, 0.6) is 0 Å². The molecule has 2 atom stereocenters.